The van der Waals surface area contributed by atoms with E-state index in [-0.39, 0.29) is 82.5 Å². The molecule has 6 saturated heterocycles. The second-order valence-corrected chi connectivity index (χ2v) is 32.8. The number of carbonyl (C=O) groups excluding carboxylic acids is 3. The number of benzene rings is 3. The lowest BCUT2D eigenvalue weighted by Gasteiger charge is -2.34. The maximum Gasteiger partial charge on any atom is 0.416 e. The minimum Gasteiger partial charge on any atom is -0.481 e. The Labute approximate surface area is 694 Å². The Balaban J connectivity index is 0.000000147. The predicted octanol–water partition coefficient (Wildman–Crippen LogP) is 17.4. The molecule has 0 spiro atoms. The molecular weight excluding hydrogens is 1580 g/mol. The van der Waals surface area contributed by atoms with Crippen molar-refractivity contribution < 1.29 is 69.1 Å². The van der Waals surface area contributed by atoms with Crippen LogP contribution in [-0.2, 0) is 40.0 Å². The second kappa shape index (κ2) is 34.4. The molecule has 6 atom stereocenters. The normalized spacial score (nSPS) is 19.4. The van der Waals surface area contributed by atoms with Gasteiger partial charge in [-0.15, -0.1) is 11.3 Å². The number of hydrogen-bond acceptors (Lipinski definition) is 23. The van der Waals surface area contributed by atoms with E-state index >= 15 is 0 Å². The van der Waals surface area contributed by atoms with Gasteiger partial charge in [-0.2, -0.15) is 13.2 Å². The Morgan fingerprint density at radius 1 is 0.454 bits per heavy atom. The molecule has 0 bridgehead atoms. The van der Waals surface area contributed by atoms with Crippen LogP contribution in [0, 0.1) is 48.5 Å². The first-order chi connectivity index (χ1) is 56.7. The average molecular weight is 1670 g/mol. The van der Waals surface area contributed by atoms with Gasteiger partial charge < -0.3 is 43.1 Å². The van der Waals surface area contributed by atoms with Crippen molar-refractivity contribution in [2.24, 2.45) is 0 Å². The Bertz CT molecular complexity index is 5460. The zero-order chi connectivity index (χ0) is 84.9. The first kappa shape index (κ1) is 83.9. The molecule has 25 nitrogen and oxygen atoms in total. The highest BCUT2D eigenvalue weighted by molar-refractivity contribution is 7.15. The van der Waals surface area contributed by atoms with Crippen LogP contribution in [0.4, 0.5) is 58.6 Å². The molecule has 7 aromatic heterocycles. The van der Waals surface area contributed by atoms with Crippen molar-refractivity contribution in [1.82, 2.24) is 64.5 Å². The van der Waals surface area contributed by atoms with Crippen LogP contribution in [0.1, 0.15) is 142 Å². The minimum atomic E-state index is -4.55. The summed E-state index contributed by atoms with van der Waals surface area (Å²) < 4.78 is 116. The highest BCUT2D eigenvalue weighted by Crippen LogP contribution is 2.45. The van der Waals surface area contributed by atoms with Crippen LogP contribution in [0.3, 0.4) is 0 Å². The number of cyclic esters (lactones) is 3. The molecule has 0 aliphatic carbocycles. The zero-order valence-corrected chi connectivity index (χ0v) is 70.0. The topological polar surface area (TPSA) is 255 Å². The predicted molar refractivity (Wildman–Crippen MR) is 437 cm³/mol. The van der Waals surface area contributed by atoms with Gasteiger partial charge in [-0.25, -0.2) is 77.4 Å². The summed E-state index contributed by atoms with van der Waals surface area (Å²) >= 11 is 7.77. The number of methoxy groups -OCH3 is 3. The van der Waals surface area contributed by atoms with Crippen LogP contribution in [0.15, 0.2) is 110 Å². The molecule has 119 heavy (non-hydrogen) atoms. The van der Waals surface area contributed by atoms with E-state index in [2.05, 4.69) is 73.0 Å². The Morgan fingerprint density at radius 2 is 0.807 bits per heavy atom. The lowest BCUT2D eigenvalue weighted by molar-refractivity contribution is -0.137. The number of aromatic nitrogens is 10. The summed E-state index contributed by atoms with van der Waals surface area (Å²) in [6.45, 7) is 24.9. The molecule has 6 fully saturated rings. The summed E-state index contributed by atoms with van der Waals surface area (Å²) in [5.41, 5.74) is 14.3. The third-order valence-electron chi connectivity index (χ3n) is 21.8. The lowest BCUT2D eigenvalue weighted by Crippen LogP contribution is -2.49. The van der Waals surface area contributed by atoms with Crippen LogP contribution >= 0.6 is 22.9 Å². The van der Waals surface area contributed by atoms with Gasteiger partial charge >= 0.3 is 24.5 Å². The third-order valence-corrected chi connectivity index (χ3v) is 23.1. The van der Waals surface area contributed by atoms with E-state index in [1.165, 1.54) is 36.7 Å². The summed E-state index contributed by atoms with van der Waals surface area (Å²) in [7, 11) is 4.58. The molecule has 6 aliphatic rings. The van der Waals surface area contributed by atoms with E-state index in [9.17, 15) is 40.7 Å². The van der Waals surface area contributed by atoms with Crippen molar-refractivity contribution in [1.29, 1.82) is 0 Å². The fourth-order valence-corrected chi connectivity index (χ4v) is 16.6. The molecule has 33 heteroatoms. The molecule has 3 amide bonds. The number of hydrogen-bond donors (Lipinski definition) is 0. The maximum absolute atomic E-state index is 13.7. The first-order valence-electron chi connectivity index (χ1n) is 38.9. The Morgan fingerprint density at radius 3 is 1.16 bits per heavy atom. The van der Waals surface area contributed by atoms with Gasteiger partial charge in [0.1, 0.15) is 36.8 Å². The quantitative estimate of drug-likeness (QED) is 0.0507. The first-order valence-corrected chi connectivity index (χ1v) is 40.1. The fourth-order valence-electron chi connectivity index (χ4n) is 15.6. The number of ether oxygens (including phenoxy) is 6. The monoisotopic (exact) mass is 1670 g/mol. The van der Waals surface area contributed by atoms with Gasteiger partial charge in [0.15, 0.2) is 0 Å². The Kier molecular flexibility index (Phi) is 24.3. The van der Waals surface area contributed by atoms with Gasteiger partial charge in [0.05, 0.1) is 142 Å². The smallest absolute Gasteiger partial charge is 0.416 e. The van der Waals surface area contributed by atoms with E-state index in [4.69, 9.17) is 55.0 Å². The molecule has 0 radical (unpaired) electrons. The summed E-state index contributed by atoms with van der Waals surface area (Å²) in [6, 6.07) is 20.6. The summed E-state index contributed by atoms with van der Waals surface area (Å²) in [5.74, 6) is 2.51. The molecular formula is C86H91ClF6N16O9S. The van der Waals surface area contributed by atoms with Crippen LogP contribution in [-0.4, -0.2) is 180 Å². The minimum absolute atomic E-state index is 0.0573. The van der Waals surface area contributed by atoms with E-state index in [1.807, 2.05) is 79.7 Å². The number of nitrogens with zero attached hydrogens (tertiary/aromatic N) is 16. The number of thiazole rings is 1. The van der Waals surface area contributed by atoms with Gasteiger partial charge in [0.2, 0.25) is 35.5 Å². The standard InChI is InChI=1S/C31H30F4N6O3S.C29H34FN5O3.C26H27ClFN5O3/c1-15-6-19(8-21(7-15)31(33,34)35)26-17(3)41(30(42)44-26)14-25-24(11-37-29(39-25)40-12-22(32)13-40)23-9-20(10-36-28(23)43-5)27-16(2)38-18(4)45-27;1-16(2)21-10-23(27(37-6)31-11-21)24-12-32-28(34-13-22(30)14-34)33-25(24)15-35-19(5)26(38-29(35)36)20-8-17(3)7-18(4)9-20;1-14-5-15(2)7-17(6-14)23-16(3)33(26(34)36-23)13-22-21(20-8-18(27)9-29-24(20)35-4)10-30-25(31-22)32-11-19(28)12-32/h6-11,17,22,26H,12-14H2,1-5H3;7-12,16,19,22,26H,13-15H2,1-6H3;5-10,16,19,23H,11-13H2,1-4H3/t17-,26-;19-,26-;16-,23-/m000/s1. The summed E-state index contributed by atoms with van der Waals surface area (Å²) in [5, 5.41) is 1.33. The number of carbonyl (C=O) groups is 3. The van der Waals surface area contributed by atoms with Crippen molar-refractivity contribution >= 4 is 59.1 Å². The number of anilines is 3. The number of aryl methyl sites for hydroxylation is 7. The molecule has 16 rings (SSSR count). The molecule has 13 heterocycles. The van der Waals surface area contributed by atoms with Crippen molar-refractivity contribution in [3.63, 3.8) is 0 Å². The van der Waals surface area contributed by atoms with Crippen molar-refractivity contribution in [3.8, 4) is 61.5 Å². The Hall–Kier alpha value is -11.5. The van der Waals surface area contributed by atoms with Crippen LogP contribution in [0.5, 0.6) is 17.6 Å². The van der Waals surface area contributed by atoms with Gasteiger partial charge in [-0.3, -0.25) is 14.7 Å². The number of halogens is 7. The van der Waals surface area contributed by atoms with E-state index in [0.29, 0.717) is 91.0 Å². The third kappa shape index (κ3) is 17.9. The average Bonchev–Trinajstić information content (AvgIpc) is 1.73. The number of amides is 3. The SMILES string of the molecule is COc1ncc(-c2sc(C)nc2C)cc1-c1cnc(N2CC(F)C2)nc1CN1C(=O)O[C@H](c2cc(C)cc(C(F)(F)F)c2)[C@@H]1C.COc1ncc(C(C)C)cc1-c1cnc(N2CC(F)C2)nc1CN1C(=O)O[C@H](c2cc(C)cc(C)c2)[C@@H]1C.COc1ncc(Cl)cc1-c1cnc(N2CC(F)C2)nc1CN1C(=O)O[C@H](c2cc(C)cc(C)c2)[C@@H]1C. The number of pyridine rings is 3. The highest BCUT2D eigenvalue weighted by atomic mass is 35.5. The number of rotatable bonds is 20. The fraction of sp³-hybridized carbons (Fsp3) is 0.407. The molecule has 6 aliphatic heterocycles. The molecule has 0 saturated carbocycles. The van der Waals surface area contributed by atoms with Crippen molar-refractivity contribution in [3.05, 3.63) is 198 Å². The molecule has 3 aromatic carbocycles. The van der Waals surface area contributed by atoms with Gasteiger partial charge in [0, 0.05) is 76.1 Å². The van der Waals surface area contributed by atoms with Crippen molar-refractivity contribution in [2.45, 2.75) is 170 Å². The maximum atomic E-state index is 13.7. The number of alkyl halides is 6. The summed E-state index contributed by atoms with van der Waals surface area (Å²) in [4.78, 5) is 96.1. The molecule has 0 unspecified atom stereocenters. The van der Waals surface area contributed by atoms with Crippen LogP contribution in [0.25, 0.3) is 43.8 Å². The van der Waals surface area contributed by atoms with Crippen LogP contribution < -0.4 is 28.9 Å². The van der Waals surface area contributed by atoms with Gasteiger partial charge in [0.25, 0.3) is 0 Å². The van der Waals surface area contributed by atoms with E-state index < -0.39 is 72.9 Å². The molecule has 10 aromatic rings. The summed E-state index contributed by atoms with van der Waals surface area (Å²) in [6.07, 6.45) is -0.652. The van der Waals surface area contributed by atoms with Gasteiger partial charge in [-0.1, -0.05) is 95.7 Å². The lowest BCUT2D eigenvalue weighted by atomic mass is 9.98. The van der Waals surface area contributed by atoms with E-state index in [1.54, 1.807) is 88.6 Å². The molecule has 624 valence electrons. The van der Waals surface area contributed by atoms with Gasteiger partial charge in [-0.05, 0) is 128 Å². The van der Waals surface area contributed by atoms with E-state index in [0.717, 1.165) is 77.8 Å². The molecule has 0 N–H and O–H groups in total. The zero-order valence-electron chi connectivity index (χ0n) is 68.4. The van der Waals surface area contributed by atoms with Crippen molar-refractivity contribution in [2.75, 3.05) is 75.3 Å². The largest absolute Gasteiger partial charge is 0.481 e. The van der Waals surface area contributed by atoms with Crippen LogP contribution in [0.2, 0.25) is 5.02 Å². The second-order valence-electron chi connectivity index (χ2n) is 31.2. The highest BCUT2D eigenvalue weighted by Gasteiger charge is 2.45.